The number of hydrogen-bond donors (Lipinski definition) is 2. The number of nitrogens with zero attached hydrogens (tertiary/aromatic N) is 3. The number of aromatic nitrogens is 2. The van der Waals surface area contributed by atoms with Crippen LogP contribution in [0.1, 0.15) is 51.4 Å². The lowest BCUT2D eigenvalue weighted by molar-refractivity contribution is 0.462. The normalized spacial score (nSPS) is 20.9. The van der Waals surface area contributed by atoms with Gasteiger partial charge in [-0.1, -0.05) is 19.3 Å². The number of nitrogens with two attached hydrogens (primary N) is 1. The molecule has 110 valence electrons. The minimum absolute atomic E-state index is 0.523. The van der Waals surface area contributed by atoms with E-state index in [1.807, 2.05) is 0 Å². The van der Waals surface area contributed by atoms with Crippen LogP contribution in [0.4, 0.5) is 17.3 Å². The van der Waals surface area contributed by atoms with Gasteiger partial charge >= 0.3 is 0 Å². The summed E-state index contributed by atoms with van der Waals surface area (Å²) < 4.78 is 0. The first-order chi connectivity index (χ1) is 9.84. The molecule has 1 saturated carbocycles. The molecule has 0 atom stereocenters. The highest BCUT2D eigenvalue weighted by molar-refractivity contribution is 5.75. The summed E-state index contributed by atoms with van der Waals surface area (Å²) in [5.41, 5.74) is 7.02. The highest BCUT2D eigenvalue weighted by Gasteiger charge is 2.19. The van der Waals surface area contributed by atoms with E-state index in [4.69, 9.17) is 5.73 Å². The summed E-state index contributed by atoms with van der Waals surface area (Å²) >= 11 is 0. The molecule has 0 bridgehead atoms. The average Bonchev–Trinajstić information content (AvgIpc) is 2.51. The van der Waals surface area contributed by atoms with Crippen LogP contribution in [0.2, 0.25) is 0 Å². The fraction of sp³-hybridized carbons (Fsp3) is 0.733. The second-order valence-corrected chi connectivity index (χ2v) is 5.99. The zero-order valence-electron chi connectivity index (χ0n) is 12.1. The van der Waals surface area contributed by atoms with Crippen LogP contribution >= 0.6 is 0 Å². The molecule has 5 nitrogen and oxygen atoms in total. The molecule has 1 aromatic heterocycles. The molecule has 2 fully saturated rings. The fourth-order valence-corrected chi connectivity index (χ4v) is 3.30. The molecular weight excluding hydrogens is 250 g/mol. The number of hydrogen-bond acceptors (Lipinski definition) is 5. The fourth-order valence-electron chi connectivity index (χ4n) is 3.30. The van der Waals surface area contributed by atoms with E-state index in [1.165, 1.54) is 51.4 Å². The van der Waals surface area contributed by atoms with E-state index in [0.717, 1.165) is 30.4 Å². The molecule has 0 spiro atoms. The Morgan fingerprint density at radius 1 is 1.00 bits per heavy atom. The van der Waals surface area contributed by atoms with Crippen molar-refractivity contribution in [3.8, 4) is 0 Å². The molecule has 0 aromatic carbocycles. The maximum absolute atomic E-state index is 6.30. The monoisotopic (exact) mass is 275 g/mol. The van der Waals surface area contributed by atoms with Gasteiger partial charge in [-0.25, -0.2) is 9.97 Å². The topological polar surface area (TPSA) is 67.1 Å². The predicted molar refractivity (Wildman–Crippen MR) is 83.0 cm³/mol. The van der Waals surface area contributed by atoms with E-state index in [1.54, 1.807) is 6.33 Å². The number of nitrogen functional groups attached to an aromatic ring is 1. The molecule has 1 aromatic rings. The van der Waals surface area contributed by atoms with Crippen LogP contribution in [0, 0.1) is 0 Å². The van der Waals surface area contributed by atoms with E-state index < -0.39 is 0 Å². The second-order valence-electron chi connectivity index (χ2n) is 5.99. The van der Waals surface area contributed by atoms with Crippen molar-refractivity contribution in [3.05, 3.63) is 6.33 Å². The highest BCUT2D eigenvalue weighted by atomic mass is 15.2. The van der Waals surface area contributed by atoms with Crippen LogP contribution in [0.5, 0.6) is 0 Å². The maximum atomic E-state index is 6.30. The largest absolute Gasteiger partial charge is 0.393 e. The van der Waals surface area contributed by atoms with E-state index in [9.17, 15) is 0 Å². The minimum Gasteiger partial charge on any atom is -0.393 e. The third-order valence-corrected chi connectivity index (χ3v) is 4.46. The Balaban J connectivity index is 1.74. The lowest BCUT2D eigenvalue weighted by Crippen LogP contribution is -2.31. The first-order valence-electron chi connectivity index (χ1n) is 7.96. The van der Waals surface area contributed by atoms with Crippen molar-refractivity contribution in [3.63, 3.8) is 0 Å². The first kappa shape index (κ1) is 13.5. The Labute approximate surface area is 121 Å². The summed E-state index contributed by atoms with van der Waals surface area (Å²) in [6, 6.07) is 0.523. The standard InChI is InChI=1S/C15H25N5/c16-13-14(19-12-7-3-1-4-8-12)17-11-18-15(13)20-9-5-2-6-10-20/h11-12H,1-10,16H2,(H,17,18,19). The lowest BCUT2D eigenvalue weighted by atomic mass is 9.95. The van der Waals surface area contributed by atoms with Crippen molar-refractivity contribution in [2.24, 2.45) is 0 Å². The first-order valence-corrected chi connectivity index (χ1v) is 7.96. The molecular formula is C15H25N5. The SMILES string of the molecule is Nc1c(NC2CCCCC2)ncnc1N1CCCCC1. The van der Waals surface area contributed by atoms with Gasteiger partial charge in [-0.05, 0) is 32.1 Å². The Bertz CT molecular complexity index is 436. The van der Waals surface area contributed by atoms with Crippen LogP contribution in [-0.4, -0.2) is 29.1 Å². The molecule has 0 amide bonds. The molecule has 0 unspecified atom stereocenters. The Kier molecular flexibility index (Phi) is 4.23. The minimum atomic E-state index is 0.523. The van der Waals surface area contributed by atoms with Gasteiger partial charge in [0.25, 0.3) is 0 Å². The van der Waals surface area contributed by atoms with E-state index in [2.05, 4.69) is 20.2 Å². The molecule has 0 radical (unpaired) electrons. The second kappa shape index (κ2) is 6.29. The molecule has 3 N–H and O–H groups in total. The van der Waals surface area contributed by atoms with Gasteiger partial charge in [0.05, 0.1) is 0 Å². The molecule has 2 heterocycles. The Hall–Kier alpha value is -1.52. The third-order valence-electron chi connectivity index (χ3n) is 4.46. The molecule has 2 aliphatic rings. The molecule has 1 aliphatic carbocycles. The zero-order valence-corrected chi connectivity index (χ0v) is 12.1. The van der Waals surface area contributed by atoms with Crippen LogP contribution in [0.25, 0.3) is 0 Å². The summed E-state index contributed by atoms with van der Waals surface area (Å²) in [5.74, 6) is 1.74. The summed E-state index contributed by atoms with van der Waals surface area (Å²) in [6.07, 6.45) is 11.8. The van der Waals surface area contributed by atoms with Crippen LogP contribution in [0.15, 0.2) is 6.33 Å². The average molecular weight is 275 g/mol. The molecule has 1 saturated heterocycles. The van der Waals surface area contributed by atoms with Crippen LogP contribution in [-0.2, 0) is 0 Å². The molecule has 5 heteroatoms. The summed E-state index contributed by atoms with van der Waals surface area (Å²) in [6.45, 7) is 2.12. The smallest absolute Gasteiger partial charge is 0.157 e. The van der Waals surface area contributed by atoms with Crippen molar-refractivity contribution in [2.75, 3.05) is 29.0 Å². The number of anilines is 3. The van der Waals surface area contributed by atoms with Gasteiger partial charge in [-0.2, -0.15) is 0 Å². The number of rotatable bonds is 3. The van der Waals surface area contributed by atoms with Crippen molar-refractivity contribution < 1.29 is 0 Å². The van der Waals surface area contributed by atoms with Crippen molar-refractivity contribution in [1.82, 2.24) is 9.97 Å². The van der Waals surface area contributed by atoms with E-state index in [0.29, 0.717) is 6.04 Å². The van der Waals surface area contributed by atoms with Gasteiger partial charge in [-0.3, -0.25) is 0 Å². The zero-order chi connectivity index (χ0) is 13.8. The number of nitrogens with one attached hydrogen (secondary N) is 1. The van der Waals surface area contributed by atoms with E-state index >= 15 is 0 Å². The highest BCUT2D eigenvalue weighted by Crippen LogP contribution is 2.30. The van der Waals surface area contributed by atoms with Gasteiger partial charge < -0.3 is 16.0 Å². The maximum Gasteiger partial charge on any atom is 0.157 e. The van der Waals surface area contributed by atoms with E-state index in [-0.39, 0.29) is 0 Å². The van der Waals surface area contributed by atoms with Crippen molar-refractivity contribution in [1.29, 1.82) is 0 Å². The molecule has 3 rings (SSSR count). The Morgan fingerprint density at radius 3 is 2.45 bits per heavy atom. The third kappa shape index (κ3) is 2.97. The van der Waals surface area contributed by atoms with Crippen LogP contribution in [0.3, 0.4) is 0 Å². The summed E-state index contributed by atoms with van der Waals surface area (Å²) in [4.78, 5) is 11.1. The number of piperidine rings is 1. The predicted octanol–water partition coefficient (Wildman–Crippen LogP) is 2.79. The van der Waals surface area contributed by atoms with Gasteiger partial charge in [0.2, 0.25) is 0 Å². The summed E-state index contributed by atoms with van der Waals surface area (Å²) in [7, 11) is 0. The summed E-state index contributed by atoms with van der Waals surface area (Å²) in [5, 5.41) is 3.53. The van der Waals surface area contributed by atoms with Crippen molar-refractivity contribution >= 4 is 17.3 Å². The molecule has 1 aliphatic heterocycles. The van der Waals surface area contributed by atoms with Crippen molar-refractivity contribution in [2.45, 2.75) is 57.4 Å². The van der Waals surface area contributed by atoms with Gasteiger partial charge in [0, 0.05) is 19.1 Å². The molecule has 20 heavy (non-hydrogen) atoms. The quantitative estimate of drug-likeness (QED) is 0.888. The van der Waals surface area contributed by atoms with Gasteiger partial charge in [0.15, 0.2) is 11.6 Å². The van der Waals surface area contributed by atoms with Gasteiger partial charge in [0.1, 0.15) is 12.0 Å². The Morgan fingerprint density at radius 2 is 1.70 bits per heavy atom. The van der Waals surface area contributed by atoms with Gasteiger partial charge in [-0.15, -0.1) is 0 Å². The van der Waals surface area contributed by atoms with Crippen LogP contribution < -0.4 is 16.0 Å². The lowest BCUT2D eigenvalue weighted by Gasteiger charge is -2.30.